The van der Waals surface area contributed by atoms with Crippen LogP contribution in [0.25, 0.3) is 0 Å². The molecule has 1 aromatic rings. The summed E-state index contributed by atoms with van der Waals surface area (Å²) in [4.78, 5) is 14.6. The molecule has 0 atom stereocenters. The average molecular weight is 244 g/mol. The molecular formula is C11H11F3N2O. The van der Waals surface area contributed by atoms with Gasteiger partial charge in [0.1, 0.15) is 5.82 Å². The van der Waals surface area contributed by atoms with E-state index in [4.69, 9.17) is 0 Å². The maximum Gasteiger partial charge on any atom is 0.471 e. The molecule has 1 fully saturated rings. The van der Waals surface area contributed by atoms with Gasteiger partial charge in [0.15, 0.2) is 0 Å². The molecule has 0 spiro atoms. The summed E-state index contributed by atoms with van der Waals surface area (Å²) in [5.74, 6) is -1.59. The molecule has 0 radical (unpaired) electrons. The Morgan fingerprint density at radius 1 is 1.47 bits per heavy atom. The van der Waals surface area contributed by atoms with Crippen molar-refractivity contribution >= 4 is 11.7 Å². The molecule has 3 nitrogen and oxygen atoms in total. The lowest BCUT2D eigenvalue weighted by atomic mass is 10.1. The largest absolute Gasteiger partial charge is 0.471 e. The van der Waals surface area contributed by atoms with E-state index in [9.17, 15) is 18.0 Å². The van der Waals surface area contributed by atoms with Crippen LogP contribution in [0, 0.1) is 6.92 Å². The van der Waals surface area contributed by atoms with E-state index in [2.05, 4.69) is 4.98 Å². The fourth-order valence-electron chi connectivity index (χ4n) is 1.69. The van der Waals surface area contributed by atoms with Crippen LogP contribution in [0.3, 0.4) is 0 Å². The first-order valence-corrected chi connectivity index (χ1v) is 5.23. The number of amides is 1. The zero-order valence-corrected chi connectivity index (χ0v) is 9.14. The number of halogens is 3. The molecule has 2 rings (SSSR count). The molecule has 1 heterocycles. The highest BCUT2D eigenvalue weighted by Crippen LogP contribution is 2.42. The van der Waals surface area contributed by atoms with Crippen molar-refractivity contribution in [3.63, 3.8) is 0 Å². The van der Waals surface area contributed by atoms with Crippen molar-refractivity contribution in [3.05, 3.63) is 23.4 Å². The highest BCUT2D eigenvalue weighted by molar-refractivity contribution is 5.94. The van der Waals surface area contributed by atoms with E-state index in [0.29, 0.717) is 11.5 Å². The number of anilines is 1. The summed E-state index contributed by atoms with van der Waals surface area (Å²) >= 11 is 0. The number of hydrogen-bond donors (Lipinski definition) is 1. The SMILES string of the molecule is Cc1c(C2CC2)ccnc1NC(=O)C(F)(F)F. The first-order chi connectivity index (χ1) is 7.89. The lowest BCUT2D eigenvalue weighted by molar-refractivity contribution is -0.167. The topological polar surface area (TPSA) is 42.0 Å². The van der Waals surface area contributed by atoms with Gasteiger partial charge in [0.05, 0.1) is 0 Å². The van der Waals surface area contributed by atoms with Crippen LogP contribution in [-0.2, 0) is 4.79 Å². The maximum atomic E-state index is 12.1. The number of alkyl halides is 3. The number of carbonyl (C=O) groups excluding carboxylic acids is 1. The molecule has 1 aromatic heterocycles. The molecule has 0 saturated heterocycles. The summed E-state index contributed by atoms with van der Waals surface area (Å²) in [5.41, 5.74) is 1.59. The molecule has 92 valence electrons. The molecule has 17 heavy (non-hydrogen) atoms. The highest BCUT2D eigenvalue weighted by atomic mass is 19.4. The second-order valence-electron chi connectivity index (χ2n) is 4.10. The van der Waals surface area contributed by atoms with Gasteiger partial charge in [-0.1, -0.05) is 0 Å². The maximum absolute atomic E-state index is 12.1. The fourth-order valence-corrected chi connectivity index (χ4v) is 1.69. The van der Waals surface area contributed by atoms with Crippen LogP contribution in [0.1, 0.15) is 29.9 Å². The van der Waals surface area contributed by atoms with Crippen LogP contribution in [-0.4, -0.2) is 17.1 Å². The second-order valence-corrected chi connectivity index (χ2v) is 4.10. The molecule has 1 aliphatic carbocycles. The summed E-state index contributed by atoms with van der Waals surface area (Å²) in [5, 5.41) is 1.80. The number of aromatic nitrogens is 1. The summed E-state index contributed by atoms with van der Waals surface area (Å²) in [7, 11) is 0. The normalized spacial score (nSPS) is 15.8. The molecule has 1 aliphatic rings. The summed E-state index contributed by atoms with van der Waals surface area (Å²) < 4.78 is 36.3. The minimum absolute atomic E-state index is 0.00303. The minimum atomic E-state index is -4.89. The lowest BCUT2D eigenvalue weighted by Crippen LogP contribution is -2.30. The van der Waals surface area contributed by atoms with Crippen LogP contribution >= 0.6 is 0 Å². The van der Waals surface area contributed by atoms with Crippen molar-refractivity contribution in [1.29, 1.82) is 0 Å². The standard InChI is InChI=1S/C11H11F3N2O/c1-6-8(7-2-3-7)4-5-15-9(6)16-10(17)11(12,13)14/h4-5,7H,2-3H2,1H3,(H,15,16,17). The minimum Gasteiger partial charge on any atom is -0.303 e. The Labute approximate surface area is 96.0 Å². The molecule has 1 saturated carbocycles. The monoisotopic (exact) mass is 244 g/mol. The van der Waals surface area contributed by atoms with Crippen molar-refractivity contribution in [1.82, 2.24) is 4.98 Å². The number of hydrogen-bond acceptors (Lipinski definition) is 2. The predicted molar refractivity (Wildman–Crippen MR) is 55.6 cm³/mol. The first-order valence-electron chi connectivity index (χ1n) is 5.23. The van der Waals surface area contributed by atoms with Gasteiger partial charge in [-0.25, -0.2) is 4.98 Å². The predicted octanol–water partition coefficient (Wildman–Crippen LogP) is 2.77. The zero-order valence-electron chi connectivity index (χ0n) is 9.14. The third kappa shape index (κ3) is 2.57. The quantitative estimate of drug-likeness (QED) is 0.869. The van der Waals surface area contributed by atoms with Gasteiger partial charge in [0, 0.05) is 6.20 Å². The van der Waals surface area contributed by atoms with E-state index in [1.807, 2.05) is 0 Å². The van der Waals surface area contributed by atoms with Crippen molar-refractivity contribution in [3.8, 4) is 0 Å². The Kier molecular flexibility index (Phi) is 2.81. The third-order valence-corrected chi connectivity index (χ3v) is 2.75. The van der Waals surface area contributed by atoms with Gasteiger partial charge in [-0.2, -0.15) is 13.2 Å². The van der Waals surface area contributed by atoms with Crippen LogP contribution in [0.5, 0.6) is 0 Å². The number of nitrogens with zero attached hydrogens (tertiary/aromatic N) is 1. The van der Waals surface area contributed by atoms with E-state index >= 15 is 0 Å². The molecular weight excluding hydrogens is 233 g/mol. The summed E-state index contributed by atoms with van der Waals surface area (Å²) in [6.07, 6.45) is -1.38. The fraction of sp³-hybridized carbons (Fsp3) is 0.455. The summed E-state index contributed by atoms with van der Waals surface area (Å²) in [6, 6.07) is 1.79. The van der Waals surface area contributed by atoms with E-state index in [-0.39, 0.29) is 5.82 Å². The van der Waals surface area contributed by atoms with Crippen molar-refractivity contribution in [2.24, 2.45) is 0 Å². The molecule has 0 unspecified atom stereocenters. The van der Waals surface area contributed by atoms with Crippen molar-refractivity contribution in [2.75, 3.05) is 5.32 Å². The number of pyridine rings is 1. The van der Waals surface area contributed by atoms with Crippen molar-refractivity contribution in [2.45, 2.75) is 31.9 Å². The Balaban J connectivity index is 2.21. The second kappa shape index (κ2) is 4.01. The third-order valence-electron chi connectivity index (χ3n) is 2.75. The van der Waals surface area contributed by atoms with E-state index < -0.39 is 12.1 Å². The Bertz CT molecular complexity index is 453. The van der Waals surface area contributed by atoms with Gasteiger partial charge in [-0.3, -0.25) is 4.79 Å². The van der Waals surface area contributed by atoms with Gasteiger partial charge in [0.2, 0.25) is 0 Å². The number of rotatable bonds is 2. The van der Waals surface area contributed by atoms with Gasteiger partial charge in [-0.15, -0.1) is 0 Å². The van der Waals surface area contributed by atoms with E-state index in [1.165, 1.54) is 6.20 Å². The molecule has 0 bridgehead atoms. The van der Waals surface area contributed by atoms with Crippen LogP contribution in [0.15, 0.2) is 12.3 Å². The highest BCUT2D eigenvalue weighted by Gasteiger charge is 2.39. The van der Waals surface area contributed by atoms with E-state index in [0.717, 1.165) is 18.4 Å². The molecule has 6 heteroatoms. The zero-order chi connectivity index (χ0) is 12.6. The summed E-state index contributed by atoms with van der Waals surface area (Å²) in [6.45, 7) is 1.67. The van der Waals surface area contributed by atoms with Gasteiger partial charge in [0.25, 0.3) is 0 Å². The molecule has 0 aliphatic heterocycles. The van der Waals surface area contributed by atoms with Crippen LogP contribution in [0.2, 0.25) is 0 Å². The van der Waals surface area contributed by atoms with Crippen LogP contribution in [0.4, 0.5) is 19.0 Å². The smallest absolute Gasteiger partial charge is 0.303 e. The number of nitrogens with one attached hydrogen (secondary N) is 1. The average Bonchev–Trinajstić information content (AvgIpc) is 3.03. The molecule has 0 aromatic carbocycles. The Morgan fingerprint density at radius 3 is 2.65 bits per heavy atom. The van der Waals surface area contributed by atoms with Crippen LogP contribution < -0.4 is 5.32 Å². The van der Waals surface area contributed by atoms with Gasteiger partial charge in [-0.05, 0) is 42.9 Å². The number of carbonyl (C=O) groups is 1. The Morgan fingerprint density at radius 2 is 2.12 bits per heavy atom. The van der Waals surface area contributed by atoms with E-state index in [1.54, 1.807) is 18.3 Å². The van der Waals surface area contributed by atoms with Gasteiger partial charge < -0.3 is 5.32 Å². The molecule has 1 N–H and O–H groups in total. The molecule has 1 amide bonds. The lowest BCUT2D eigenvalue weighted by Gasteiger charge is -2.12. The Hall–Kier alpha value is -1.59. The van der Waals surface area contributed by atoms with Crippen molar-refractivity contribution < 1.29 is 18.0 Å². The van der Waals surface area contributed by atoms with Gasteiger partial charge >= 0.3 is 12.1 Å². The first kappa shape index (κ1) is 11.9.